The van der Waals surface area contributed by atoms with Crippen molar-refractivity contribution in [3.05, 3.63) is 46.7 Å². The normalized spacial score (nSPS) is 12.3. The van der Waals surface area contributed by atoms with Gasteiger partial charge in [0.05, 0.1) is 32.2 Å². The van der Waals surface area contributed by atoms with Gasteiger partial charge in [-0.15, -0.1) is 0 Å². The Morgan fingerprint density at radius 3 is 2.64 bits per heavy atom. The molecule has 0 aliphatic rings. The molecule has 2 heterocycles. The third-order valence-electron chi connectivity index (χ3n) is 4.99. The molecule has 3 N–H and O–H groups in total. The minimum absolute atomic E-state index is 0.0950. The maximum Gasteiger partial charge on any atom is 0.415 e. The van der Waals surface area contributed by atoms with Crippen LogP contribution in [0.3, 0.4) is 0 Å². The Bertz CT molecular complexity index is 1260. The van der Waals surface area contributed by atoms with Gasteiger partial charge in [0.2, 0.25) is 0 Å². The Hall–Kier alpha value is -3.57. The van der Waals surface area contributed by atoms with Crippen LogP contribution in [-0.4, -0.2) is 59.0 Å². The molecule has 3 rings (SSSR count). The zero-order valence-electron chi connectivity index (χ0n) is 21.2. The van der Waals surface area contributed by atoms with Crippen LogP contribution < -0.4 is 20.7 Å². The number of fused-ring (bicyclic) bond motifs is 1. The second-order valence-electron chi connectivity index (χ2n) is 9.24. The Morgan fingerprint density at radius 1 is 1.28 bits per heavy atom. The van der Waals surface area contributed by atoms with Crippen LogP contribution in [-0.2, 0) is 16.1 Å². The highest BCUT2D eigenvalue weighted by molar-refractivity contribution is 6.30. The number of ether oxygens (including phenoxy) is 3. The summed E-state index contributed by atoms with van der Waals surface area (Å²) in [5.74, 6) is 0.491. The van der Waals surface area contributed by atoms with E-state index in [9.17, 15) is 9.59 Å². The van der Waals surface area contributed by atoms with E-state index in [0.29, 0.717) is 23.9 Å². The SMILES string of the molecule is COc1ccc(COCC(C)NC(=O)c2cnn3c(N(C)C(=O)OC(C)(C)C)cc(Cl)nc23)cc1N. The van der Waals surface area contributed by atoms with Crippen LogP contribution in [0.5, 0.6) is 5.75 Å². The number of amides is 2. The van der Waals surface area contributed by atoms with Crippen LogP contribution in [0, 0.1) is 0 Å². The van der Waals surface area contributed by atoms with E-state index in [1.807, 2.05) is 13.0 Å². The predicted octanol–water partition coefficient (Wildman–Crippen LogP) is 3.68. The van der Waals surface area contributed by atoms with Crippen molar-refractivity contribution in [2.75, 3.05) is 31.4 Å². The molecule has 0 saturated carbocycles. The van der Waals surface area contributed by atoms with Crippen LogP contribution >= 0.6 is 11.6 Å². The van der Waals surface area contributed by atoms with Crippen LogP contribution in [0.25, 0.3) is 5.65 Å². The third-order valence-corrected chi connectivity index (χ3v) is 5.18. The van der Waals surface area contributed by atoms with E-state index >= 15 is 0 Å². The molecule has 0 aliphatic heterocycles. The average Bonchev–Trinajstić information content (AvgIpc) is 3.20. The molecule has 1 unspecified atom stereocenters. The van der Waals surface area contributed by atoms with Gasteiger partial charge in [0.15, 0.2) is 5.65 Å². The Morgan fingerprint density at radius 2 is 2.00 bits per heavy atom. The highest BCUT2D eigenvalue weighted by Crippen LogP contribution is 2.24. The maximum absolute atomic E-state index is 13.0. The van der Waals surface area contributed by atoms with Gasteiger partial charge in [-0.1, -0.05) is 17.7 Å². The lowest BCUT2D eigenvalue weighted by molar-refractivity contribution is 0.0587. The first-order chi connectivity index (χ1) is 16.9. The van der Waals surface area contributed by atoms with Gasteiger partial charge in [-0.3, -0.25) is 9.69 Å². The topological polar surface area (TPSA) is 133 Å². The predicted molar refractivity (Wildman–Crippen MR) is 137 cm³/mol. The molecule has 0 radical (unpaired) electrons. The number of nitrogens with one attached hydrogen (secondary N) is 1. The van der Waals surface area contributed by atoms with Gasteiger partial charge >= 0.3 is 6.09 Å². The highest BCUT2D eigenvalue weighted by atomic mass is 35.5. The number of nitrogen functional groups attached to an aromatic ring is 1. The summed E-state index contributed by atoms with van der Waals surface area (Å²) in [4.78, 5) is 31.0. The zero-order valence-corrected chi connectivity index (χ0v) is 21.9. The van der Waals surface area contributed by atoms with E-state index in [1.54, 1.807) is 40.0 Å². The van der Waals surface area contributed by atoms with Crippen molar-refractivity contribution in [2.45, 2.75) is 45.9 Å². The van der Waals surface area contributed by atoms with Crippen molar-refractivity contribution in [2.24, 2.45) is 0 Å². The van der Waals surface area contributed by atoms with Gasteiger partial charge < -0.3 is 25.3 Å². The number of carbonyl (C=O) groups is 2. The van der Waals surface area contributed by atoms with Crippen molar-refractivity contribution in [3.8, 4) is 5.75 Å². The summed E-state index contributed by atoms with van der Waals surface area (Å²) in [5, 5.41) is 7.20. The minimum Gasteiger partial charge on any atom is -0.495 e. The van der Waals surface area contributed by atoms with E-state index in [-0.39, 0.29) is 29.0 Å². The number of anilines is 2. The fraction of sp³-hybridized carbons (Fsp3) is 0.417. The summed E-state index contributed by atoms with van der Waals surface area (Å²) in [6.07, 6.45) is 0.769. The van der Waals surface area contributed by atoms with Gasteiger partial charge in [0, 0.05) is 19.2 Å². The van der Waals surface area contributed by atoms with Gasteiger partial charge in [-0.25, -0.2) is 9.78 Å². The highest BCUT2D eigenvalue weighted by Gasteiger charge is 2.25. The zero-order chi connectivity index (χ0) is 26.6. The molecule has 1 aromatic carbocycles. The lowest BCUT2D eigenvalue weighted by Crippen LogP contribution is -2.36. The Balaban J connectivity index is 1.68. The Kier molecular flexibility index (Phi) is 8.26. The number of benzene rings is 1. The van der Waals surface area contributed by atoms with Crippen molar-refractivity contribution in [1.29, 1.82) is 0 Å². The number of rotatable bonds is 8. The Labute approximate surface area is 214 Å². The summed E-state index contributed by atoms with van der Waals surface area (Å²) in [5.41, 5.74) is 7.05. The second-order valence-corrected chi connectivity index (χ2v) is 9.62. The first-order valence-electron chi connectivity index (χ1n) is 11.2. The molecule has 0 aliphatic carbocycles. The number of aromatic nitrogens is 3. The van der Waals surface area contributed by atoms with E-state index in [1.165, 1.54) is 28.7 Å². The first kappa shape index (κ1) is 27.0. The fourth-order valence-electron chi connectivity index (χ4n) is 3.31. The number of hydrogen-bond acceptors (Lipinski definition) is 8. The van der Waals surface area contributed by atoms with E-state index in [4.69, 9.17) is 31.5 Å². The molecule has 194 valence electrons. The first-order valence-corrected chi connectivity index (χ1v) is 11.6. The molecule has 2 amide bonds. The summed E-state index contributed by atoms with van der Waals surface area (Å²) >= 11 is 6.20. The van der Waals surface area contributed by atoms with Crippen molar-refractivity contribution in [3.63, 3.8) is 0 Å². The number of methoxy groups -OCH3 is 1. The van der Waals surface area contributed by atoms with Crippen LogP contribution in [0.2, 0.25) is 5.15 Å². The van der Waals surface area contributed by atoms with Crippen LogP contribution in [0.15, 0.2) is 30.5 Å². The van der Waals surface area contributed by atoms with Crippen molar-refractivity contribution < 1.29 is 23.8 Å². The summed E-state index contributed by atoms with van der Waals surface area (Å²) in [6, 6.07) is 6.57. The maximum atomic E-state index is 13.0. The van der Waals surface area contributed by atoms with E-state index < -0.39 is 17.6 Å². The quantitative estimate of drug-likeness (QED) is 0.341. The molecule has 11 nitrogen and oxygen atoms in total. The summed E-state index contributed by atoms with van der Waals surface area (Å²) in [7, 11) is 3.08. The lowest BCUT2D eigenvalue weighted by atomic mass is 10.2. The minimum atomic E-state index is -0.686. The standard InChI is InChI=1S/C24H31ClN6O5/c1-14(12-35-13-15-7-8-18(34-6)17(26)9-15)28-22(32)16-11-27-31-20(10-19(25)29-21(16)31)30(5)23(33)36-24(2,3)4/h7-11,14H,12-13,26H2,1-6H3,(H,28,32). The number of carbonyl (C=O) groups excluding carboxylic acids is 2. The number of hydrogen-bond donors (Lipinski definition) is 2. The third kappa shape index (κ3) is 6.55. The second kappa shape index (κ2) is 11.0. The molecular formula is C24H31ClN6O5. The largest absolute Gasteiger partial charge is 0.495 e. The molecule has 0 saturated heterocycles. The van der Waals surface area contributed by atoms with Gasteiger partial charge in [0.25, 0.3) is 5.91 Å². The van der Waals surface area contributed by atoms with Crippen molar-refractivity contribution in [1.82, 2.24) is 19.9 Å². The lowest BCUT2D eigenvalue weighted by Gasteiger charge is -2.24. The van der Waals surface area contributed by atoms with Gasteiger partial charge in [-0.2, -0.15) is 9.61 Å². The molecule has 36 heavy (non-hydrogen) atoms. The molecule has 0 bridgehead atoms. The monoisotopic (exact) mass is 518 g/mol. The molecular weight excluding hydrogens is 488 g/mol. The van der Waals surface area contributed by atoms with Gasteiger partial charge in [-0.05, 0) is 45.4 Å². The van der Waals surface area contributed by atoms with Crippen molar-refractivity contribution >= 4 is 40.8 Å². The number of nitrogens with two attached hydrogens (primary N) is 1. The van der Waals surface area contributed by atoms with E-state index in [0.717, 1.165) is 5.56 Å². The molecule has 12 heteroatoms. The fourth-order valence-corrected chi connectivity index (χ4v) is 3.49. The average molecular weight is 519 g/mol. The summed E-state index contributed by atoms with van der Waals surface area (Å²) < 4.78 is 17.7. The number of nitrogens with zero attached hydrogens (tertiary/aromatic N) is 4. The molecule has 3 aromatic rings. The van der Waals surface area contributed by atoms with Crippen LogP contribution in [0.1, 0.15) is 43.6 Å². The molecule has 2 aromatic heterocycles. The summed E-state index contributed by atoms with van der Waals surface area (Å²) in [6.45, 7) is 7.69. The smallest absolute Gasteiger partial charge is 0.415 e. The van der Waals surface area contributed by atoms with E-state index in [2.05, 4.69) is 15.4 Å². The molecule has 0 fully saturated rings. The van der Waals surface area contributed by atoms with Gasteiger partial charge in [0.1, 0.15) is 27.9 Å². The molecule has 0 spiro atoms. The molecule has 1 atom stereocenters. The van der Waals surface area contributed by atoms with Crippen LogP contribution in [0.4, 0.5) is 16.3 Å². The number of halogens is 1.